The van der Waals surface area contributed by atoms with E-state index >= 15 is 0 Å². The molecule has 0 radical (unpaired) electrons. The van der Waals surface area contributed by atoms with Crippen molar-refractivity contribution in [3.63, 3.8) is 0 Å². The van der Waals surface area contributed by atoms with Crippen LogP contribution in [0.2, 0.25) is 5.02 Å². The Labute approximate surface area is 132 Å². The third-order valence-electron chi connectivity index (χ3n) is 4.44. The van der Waals surface area contributed by atoms with E-state index in [1.165, 1.54) is 0 Å². The highest BCUT2D eigenvalue weighted by atomic mass is 35.5. The number of nitrogens with one attached hydrogen (secondary N) is 1. The van der Waals surface area contributed by atoms with Gasteiger partial charge in [0, 0.05) is 30.7 Å². The predicted molar refractivity (Wildman–Crippen MR) is 87.1 cm³/mol. The van der Waals surface area contributed by atoms with Crippen LogP contribution in [0.15, 0.2) is 18.2 Å². The van der Waals surface area contributed by atoms with Gasteiger partial charge in [-0.1, -0.05) is 44.5 Å². The van der Waals surface area contributed by atoms with Gasteiger partial charge in [0.1, 0.15) is 5.82 Å². The summed E-state index contributed by atoms with van der Waals surface area (Å²) in [5.74, 6) is -0.282. The van der Waals surface area contributed by atoms with E-state index in [1.54, 1.807) is 6.07 Å². The van der Waals surface area contributed by atoms with Crippen molar-refractivity contribution >= 4 is 11.6 Å². The van der Waals surface area contributed by atoms with Crippen molar-refractivity contribution in [3.05, 3.63) is 34.6 Å². The van der Waals surface area contributed by atoms with Gasteiger partial charge in [-0.15, -0.1) is 0 Å². The van der Waals surface area contributed by atoms with Crippen LogP contribution in [0.1, 0.15) is 39.7 Å². The molecule has 1 heterocycles. The highest BCUT2D eigenvalue weighted by Crippen LogP contribution is 2.26. The zero-order valence-corrected chi connectivity index (χ0v) is 14.2. The lowest BCUT2D eigenvalue weighted by atomic mass is 9.86. The molecule has 1 aromatic rings. The summed E-state index contributed by atoms with van der Waals surface area (Å²) in [5, 5.41) is 3.84. The van der Waals surface area contributed by atoms with Gasteiger partial charge in [0.25, 0.3) is 0 Å². The maximum atomic E-state index is 14.1. The molecule has 4 heteroatoms. The van der Waals surface area contributed by atoms with Crippen LogP contribution in [0, 0.1) is 11.2 Å². The van der Waals surface area contributed by atoms with Crippen molar-refractivity contribution in [2.45, 2.75) is 52.7 Å². The first kappa shape index (κ1) is 16.7. The second kappa shape index (κ2) is 6.64. The van der Waals surface area contributed by atoms with Crippen LogP contribution in [0.25, 0.3) is 0 Å². The minimum atomic E-state index is -0.282. The molecule has 2 atom stereocenters. The van der Waals surface area contributed by atoms with Gasteiger partial charge < -0.3 is 5.32 Å². The van der Waals surface area contributed by atoms with E-state index in [4.69, 9.17) is 11.6 Å². The Morgan fingerprint density at radius 2 is 2.10 bits per heavy atom. The van der Waals surface area contributed by atoms with Gasteiger partial charge in [0.05, 0.1) is 5.02 Å². The van der Waals surface area contributed by atoms with Crippen molar-refractivity contribution in [1.29, 1.82) is 0 Å². The molecule has 2 unspecified atom stereocenters. The Kier molecular flexibility index (Phi) is 5.29. The number of hydrogen-bond acceptors (Lipinski definition) is 2. The summed E-state index contributed by atoms with van der Waals surface area (Å²) in [6, 6.07) is 6.10. The third kappa shape index (κ3) is 4.18. The topological polar surface area (TPSA) is 15.3 Å². The molecule has 0 amide bonds. The van der Waals surface area contributed by atoms with Crippen LogP contribution in [-0.4, -0.2) is 30.1 Å². The average Bonchev–Trinajstić information content (AvgIpc) is 2.57. The van der Waals surface area contributed by atoms with Gasteiger partial charge in [0.2, 0.25) is 0 Å². The van der Waals surface area contributed by atoms with Gasteiger partial charge in [-0.25, -0.2) is 4.39 Å². The maximum Gasteiger partial charge on any atom is 0.146 e. The Morgan fingerprint density at radius 3 is 2.76 bits per heavy atom. The van der Waals surface area contributed by atoms with Crippen molar-refractivity contribution < 1.29 is 4.39 Å². The number of benzene rings is 1. The fourth-order valence-electron chi connectivity index (χ4n) is 2.82. The average molecular weight is 313 g/mol. The van der Waals surface area contributed by atoms with E-state index in [2.05, 4.69) is 37.9 Å². The normalized spacial score (nSPS) is 24.9. The van der Waals surface area contributed by atoms with E-state index in [9.17, 15) is 4.39 Å². The van der Waals surface area contributed by atoms with Crippen LogP contribution in [-0.2, 0) is 6.54 Å². The zero-order chi connectivity index (χ0) is 15.6. The van der Waals surface area contributed by atoms with E-state index in [-0.39, 0.29) is 16.3 Å². The summed E-state index contributed by atoms with van der Waals surface area (Å²) in [6.45, 7) is 11.5. The van der Waals surface area contributed by atoms with Crippen LogP contribution in [0.3, 0.4) is 0 Å². The molecule has 2 rings (SSSR count). The predicted octanol–water partition coefficient (Wildman–Crippen LogP) is 4.08. The van der Waals surface area contributed by atoms with Gasteiger partial charge >= 0.3 is 0 Å². The Hall–Kier alpha value is -0.640. The smallest absolute Gasteiger partial charge is 0.146 e. The Bertz CT molecular complexity index is 484. The van der Waals surface area contributed by atoms with Crippen LogP contribution >= 0.6 is 11.6 Å². The molecule has 0 aromatic heterocycles. The first-order valence-electron chi connectivity index (χ1n) is 7.69. The fourth-order valence-corrected chi connectivity index (χ4v) is 3.01. The molecule has 0 spiro atoms. The molecule has 1 fully saturated rings. The van der Waals surface area contributed by atoms with Crippen LogP contribution in [0.4, 0.5) is 4.39 Å². The molecule has 1 aliphatic rings. The van der Waals surface area contributed by atoms with Gasteiger partial charge in [-0.05, 0) is 31.4 Å². The Morgan fingerprint density at radius 1 is 1.38 bits per heavy atom. The Balaban J connectivity index is 2.17. The molecule has 0 bridgehead atoms. The minimum Gasteiger partial charge on any atom is -0.312 e. The number of rotatable bonds is 2. The second-order valence-corrected chi connectivity index (χ2v) is 7.56. The molecule has 1 N–H and O–H groups in total. The van der Waals surface area contributed by atoms with E-state index in [1.807, 2.05) is 12.1 Å². The molecule has 1 aromatic carbocycles. The summed E-state index contributed by atoms with van der Waals surface area (Å²) < 4.78 is 14.1. The van der Waals surface area contributed by atoms with Crippen LogP contribution < -0.4 is 5.32 Å². The third-order valence-corrected chi connectivity index (χ3v) is 4.74. The quantitative estimate of drug-likeness (QED) is 0.885. The highest BCUT2D eigenvalue weighted by molar-refractivity contribution is 6.30. The first-order chi connectivity index (χ1) is 9.79. The molecule has 21 heavy (non-hydrogen) atoms. The summed E-state index contributed by atoms with van der Waals surface area (Å²) in [5.41, 5.74) is 0.874. The molecule has 0 aliphatic carbocycles. The molecule has 1 aliphatic heterocycles. The van der Waals surface area contributed by atoms with E-state index < -0.39 is 0 Å². The summed E-state index contributed by atoms with van der Waals surface area (Å²) in [7, 11) is 0. The van der Waals surface area contributed by atoms with Crippen molar-refractivity contribution in [2.24, 2.45) is 5.41 Å². The maximum absolute atomic E-state index is 14.1. The van der Waals surface area contributed by atoms with Crippen LogP contribution in [0.5, 0.6) is 0 Å². The lowest BCUT2D eigenvalue weighted by molar-refractivity contribution is 0.156. The monoisotopic (exact) mass is 312 g/mol. The highest BCUT2D eigenvalue weighted by Gasteiger charge is 2.30. The van der Waals surface area contributed by atoms with Crippen molar-refractivity contribution in [3.8, 4) is 0 Å². The number of nitrogens with zero attached hydrogens (tertiary/aromatic N) is 1. The summed E-state index contributed by atoms with van der Waals surface area (Å²) >= 11 is 5.90. The van der Waals surface area contributed by atoms with Gasteiger partial charge in [0.15, 0.2) is 0 Å². The first-order valence-corrected chi connectivity index (χ1v) is 8.07. The molecular weight excluding hydrogens is 287 g/mol. The van der Waals surface area contributed by atoms with Crippen molar-refractivity contribution in [1.82, 2.24) is 10.2 Å². The lowest BCUT2D eigenvalue weighted by Crippen LogP contribution is -2.47. The fraction of sp³-hybridized carbons (Fsp3) is 0.647. The van der Waals surface area contributed by atoms with E-state index in [0.29, 0.717) is 24.2 Å². The largest absolute Gasteiger partial charge is 0.312 e. The SMILES string of the molecule is CC1CCNC(C(C)(C)C)CN1Cc1cccc(Cl)c1F. The second-order valence-electron chi connectivity index (χ2n) is 7.15. The standard InChI is InChI=1S/C17H26ClFN2/c1-12-8-9-20-15(17(2,3)4)11-21(12)10-13-6-5-7-14(18)16(13)19/h5-7,12,15,20H,8-11H2,1-4H3. The van der Waals surface area contributed by atoms with Crippen molar-refractivity contribution in [2.75, 3.05) is 13.1 Å². The molecule has 0 saturated carbocycles. The van der Waals surface area contributed by atoms with Gasteiger partial charge in [-0.2, -0.15) is 0 Å². The molecular formula is C17H26ClFN2. The summed E-state index contributed by atoms with van der Waals surface area (Å²) in [6.07, 6.45) is 1.08. The molecule has 118 valence electrons. The number of hydrogen-bond donors (Lipinski definition) is 1. The van der Waals surface area contributed by atoms with Gasteiger partial charge in [-0.3, -0.25) is 4.90 Å². The number of halogens is 2. The zero-order valence-electron chi connectivity index (χ0n) is 13.4. The summed E-state index contributed by atoms with van der Waals surface area (Å²) in [4.78, 5) is 2.37. The molecule has 1 saturated heterocycles. The minimum absolute atomic E-state index is 0.190. The van der Waals surface area contributed by atoms with E-state index in [0.717, 1.165) is 19.5 Å². The molecule has 2 nitrogen and oxygen atoms in total. The lowest BCUT2D eigenvalue weighted by Gasteiger charge is -2.35.